The van der Waals surface area contributed by atoms with E-state index in [2.05, 4.69) is 20.3 Å². The van der Waals surface area contributed by atoms with Crippen molar-refractivity contribution in [3.63, 3.8) is 0 Å². The number of pyridine rings is 3. The van der Waals surface area contributed by atoms with Crippen molar-refractivity contribution >= 4 is 16.7 Å². The first kappa shape index (κ1) is 17.0. The third-order valence-corrected chi connectivity index (χ3v) is 4.52. The Hall–Kier alpha value is -3.47. The molecule has 0 bridgehead atoms. The third kappa shape index (κ3) is 3.44. The van der Waals surface area contributed by atoms with Crippen molar-refractivity contribution in [2.45, 2.75) is 19.9 Å². The highest BCUT2D eigenvalue weighted by atomic mass is 16.3. The van der Waals surface area contributed by atoms with Gasteiger partial charge in [0.05, 0.1) is 6.04 Å². The highest BCUT2D eigenvalue weighted by molar-refractivity contribution is 5.86. The number of hydrogen-bond donors (Lipinski definition) is 2. The number of benzene rings is 1. The zero-order valence-electron chi connectivity index (χ0n) is 15.2. The molecular formula is C22H20N4O. The van der Waals surface area contributed by atoms with Crippen molar-refractivity contribution in [1.82, 2.24) is 15.0 Å². The largest absolute Gasteiger partial charge is 0.505 e. The molecule has 0 saturated heterocycles. The molecule has 0 amide bonds. The van der Waals surface area contributed by atoms with E-state index in [1.807, 2.05) is 68.4 Å². The van der Waals surface area contributed by atoms with Crippen LogP contribution in [-0.2, 0) is 0 Å². The second-order valence-electron chi connectivity index (χ2n) is 6.56. The van der Waals surface area contributed by atoms with Crippen LogP contribution in [0, 0.1) is 13.8 Å². The summed E-state index contributed by atoms with van der Waals surface area (Å²) in [6.45, 7) is 3.86. The molecule has 2 N–H and O–H groups in total. The Kier molecular flexibility index (Phi) is 4.42. The minimum absolute atomic E-state index is 0.171. The number of aromatic hydroxyl groups is 1. The third-order valence-electron chi connectivity index (χ3n) is 4.52. The summed E-state index contributed by atoms with van der Waals surface area (Å²) in [5.41, 5.74) is 4.05. The maximum absolute atomic E-state index is 11.0. The Morgan fingerprint density at radius 3 is 2.48 bits per heavy atom. The summed E-state index contributed by atoms with van der Waals surface area (Å²) in [5.74, 6) is 0.908. The fourth-order valence-electron chi connectivity index (χ4n) is 3.18. The molecule has 5 heteroatoms. The molecule has 5 nitrogen and oxygen atoms in total. The number of aryl methyl sites for hydroxylation is 2. The number of anilines is 1. The Morgan fingerprint density at radius 2 is 1.70 bits per heavy atom. The van der Waals surface area contributed by atoms with Gasteiger partial charge in [-0.1, -0.05) is 30.3 Å². The van der Waals surface area contributed by atoms with Gasteiger partial charge < -0.3 is 10.4 Å². The lowest BCUT2D eigenvalue weighted by Gasteiger charge is -2.22. The molecule has 0 saturated carbocycles. The molecule has 0 aliphatic rings. The van der Waals surface area contributed by atoms with Gasteiger partial charge >= 0.3 is 0 Å². The summed E-state index contributed by atoms with van der Waals surface area (Å²) in [6.07, 6.45) is 3.53. The van der Waals surface area contributed by atoms with Gasteiger partial charge in [-0.2, -0.15) is 0 Å². The molecule has 1 atom stereocenters. The van der Waals surface area contributed by atoms with Crippen LogP contribution in [0.15, 0.2) is 67.0 Å². The van der Waals surface area contributed by atoms with Gasteiger partial charge in [-0.3, -0.25) is 4.98 Å². The van der Waals surface area contributed by atoms with Crippen LogP contribution in [0.4, 0.5) is 5.82 Å². The Balaban J connectivity index is 1.86. The lowest BCUT2D eigenvalue weighted by atomic mass is 9.97. The predicted octanol–water partition coefficient (Wildman–Crippen LogP) is 4.55. The number of nitrogens with zero attached hydrogens (tertiary/aromatic N) is 3. The number of hydrogen-bond acceptors (Lipinski definition) is 5. The molecule has 0 unspecified atom stereocenters. The van der Waals surface area contributed by atoms with Crippen LogP contribution in [-0.4, -0.2) is 20.1 Å². The van der Waals surface area contributed by atoms with Crippen molar-refractivity contribution in [2.24, 2.45) is 0 Å². The van der Waals surface area contributed by atoms with Gasteiger partial charge in [0.25, 0.3) is 0 Å². The molecule has 134 valence electrons. The Morgan fingerprint density at radius 1 is 0.889 bits per heavy atom. The summed E-state index contributed by atoms with van der Waals surface area (Å²) < 4.78 is 0. The lowest BCUT2D eigenvalue weighted by molar-refractivity contribution is 0.471. The predicted molar refractivity (Wildman–Crippen MR) is 107 cm³/mol. The van der Waals surface area contributed by atoms with Crippen molar-refractivity contribution < 1.29 is 5.11 Å². The molecule has 0 radical (unpaired) electrons. The average molecular weight is 356 g/mol. The van der Waals surface area contributed by atoms with Gasteiger partial charge in [0, 0.05) is 34.7 Å². The molecule has 0 spiro atoms. The highest BCUT2D eigenvalue weighted by Gasteiger charge is 2.20. The molecule has 27 heavy (non-hydrogen) atoms. The van der Waals surface area contributed by atoms with E-state index in [4.69, 9.17) is 0 Å². The highest BCUT2D eigenvalue weighted by Crippen LogP contribution is 2.36. The SMILES string of the molecule is Cc1cccc(N[C@@H](c2cccnc2)c2ccc3ccc(C)nc3c2O)n1. The number of phenolic OH excluding ortho intramolecular Hbond substituents is 1. The van der Waals surface area contributed by atoms with Crippen LogP contribution in [0.3, 0.4) is 0 Å². The fourth-order valence-corrected chi connectivity index (χ4v) is 3.18. The summed E-state index contributed by atoms with van der Waals surface area (Å²) in [7, 11) is 0. The molecule has 0 fully saturated rings. The zero-order chi connectivity index (χ0) is 18.8. The van der Waals surface area contributed by atoms with Crippen molar-refractivity contribution in [2.75, 3.05) is 5.32 Å². The maximum atomic E-state index is 11.0. The number of nitrogens with one attached hydrogen (secondary N) is 1. The molecule has 4 rings (SSSR count). The minimum Gasteiger partial charge on any atom is -0.505 e. The van der Waals surface area contributed by atoms with Crippen LogP contribution >= 0.6 is 0 Å². The van der Waals surface area contributed by atoms with Crippen LogP contribution < -0.4 is 5.32 Å². The van der Waals surface area contributed by atoms with E-state index in [0.29, 0.717) is 5.52 Å². The molecular weight excluding hydrogens is 336 g/mol. The van der Waals surface area contributed by atoms with Gasteiger partial charge in [-0.05, 0) is 43.7 Å². The van der Waals surface area contributed by atoms with E-state index in [1.165, 1.54) is 0 Å². The second kappa shape index (κ2) is 7.03. The lowest BCUT2D eigenvalue weighted by Crippen LogP contribution is -2.14. The van der Waals surface area contributed by atoms with E-state index < -0.39 is 0 Å². The molecule has 0 aliphatic heterocycles. The van der Waals surface area contributed by atoms with Crippen LogP contribution in [0.1, 0.15) is 28.6 Å². The van der Waals surface area contributed by atoms with Crippen LogP contribution in [0.25, 0.3) is 10.9 Å². The van der Waals surface area contributed by atoms with E-state index in [1.54, 1.807) is 12.4 Å². The van der Waals surface area contributed by atoms with Gasteiger partial charge in [0.1, 0.15) is 17.1 Å². The van der Waals surface area contributed by atoms with Gasteiger partial charge in [-0.15, -0.1) is 0 Å². The molecule has 1 aromatic carbocycles. The first-order chi connectivity index (χ1) is 13.1. The summed E-state index contributed by atoms with van der Waals surface area (Å²) in [5, 5.41) is 15.3. The quantitative estimate of drug-likeness (QED) is 0.561. The van der Waals surface area contributed by atoms with Gasteiger partial charge in [-0.25, -0.2) is 9.97 Å². The number of phenols is 1. The summed E-state index contributed by atoms with van der Waals surface area (Å²) >= 11 is 0. The van der Waals surface area contributed by atoms with E-state index >= 15 is 0 Å². The van der Waals surface area contributed by atoms with Crippen molar-refractivity contribution in [3.05, 3.63) is 89.5 Å². The van der Waals surface area contributed by atoms with E-state index in [9.17, 15) is 5.11 Å². The monoisotopic (exact) mass is 356 g/mol. The number of fused-ring (bicyclic) bond motifs is 1. The first-order valence-electron chi connectivity index (χ1n) is 8.81. The normalized spacial score (nSPS) is 12.1. The molecule has 0 aliphatic carbocycles. The maximum Gasteiger partial charge on any atom is 0.147 e. The number of rotatable bonds is 4. The zero-order valence-corrected chi connectivity index (χ0v) is 15.2. The van der Waals surface area contributed by atoms with Crippen molar-refractivity contribution in [1.29, 1.82) is 0 Å². The van der Waals surface area contributed by atoms with Crippen LogP contribution in [0.5, 0.6) is 5.75 Å². The average Bonchev–Trinajstić information content (AvgIpc) is 2.68. The van der Waals surface area contributed by atoms with Gasteiger partial charge in [0.2, 0.25) is 0 Å². The first-order valence-corrected chi connectivity index (χ1v) is 8.81. The summed E-state index contributed by atoms with van der Waals surface area (Å²) in [6, 6.07) is 17.2. The van der Waals surface area contributed by atoms with E-state index in [0.717, 1.165) is 33.7 Å². The fraction of sp³-hybridized carbons (Fsp3) is 0.136. The smallest absolute Gasteiger partial charge is 0.147 e. The summed E-state index contributed by atoms with van der Waals surface area (Å²) in [4.78, 5) is 13.3. The molecule has 3 heterocycles. The molecule has 4 aromatic rings. The topological polar surface area (TPSA) is 70.9 Å². The Labute approximate surface area is 157 Å². The van der Waals surface area contributed by atoms with E-state index in [-0.39, 0.29) is 11.8 Å². The molecule has 3 aromatic heterocycles. The minimum atomic E-state index is -0.306. The van der Waals surface area contributed by atoms with Crippen molar-refractivity contribution in [3.8, 4) is 5.75 Å². The van der Waals surface area contributed by atoms with Crippen LogP contribution in [0.2, 0.25) is 0 Å². The standard InChI is InChI=1S/C22H20N4O/c1-14-5-3-7-19(24-14)26-20(17-6-4-12-23-13-17)18-11-10-16-9-8-15(2)25-21(16)22(18)27/h3-13,20,27H,1-2H3,(H,24,26)/t20-/m0/s1. The van der Waals surface area contributed by atoms with Gasteiger partial charge in [0.15, 0.2) is 0 Å². The second-order valence-corrected chi connectivity index (χ2v) is 6.56. The number of aromatic nitrogens is 3. The Bertz CT molecular complexity index is 1100.